The molecule has 0 amide bonds. The van der Waals surface area contributed by atoms with Gasteiger partial charge in [0.05, 0.1) is 0 Å². The normalized spacial score (nSPS) is 10.2. The van der Waals surface area contributed by atoms with Gasteiger partial charge in [-0.05, 0) is 72.5 Å². The summed E-state index contributed by atoms with van der Waals surface area (Å²) < 4.78 is 0. The first-order valence-electron chi connectivity index (χ1n) is 10.7. The molecule has 0 aliphatic carbocycles. The third-order valence-corrected chi connectivity index (χ3v) is 5.26. The van der Waals surface area contributed by atoms with Gasteiger partial charge >= 0.3 is 0 Å². The van der Waals surface area contributed by atoms with Crippen molar-refractivity contribution in [2.75, 3.05) is 0 Å². The maximum absolute atomic E-state index is 3.26. The standard InChI is InChI=1S/C32H24/c1-25-7-3-5-9-31(25)23-21-29-17-13-27(14-18-29)11-12-28-15-19-30(20-16-28)22-24-32-10-6-4-8-26(32)2/h3-20H,1-2H3/b12-11+. The topological polar surface area (TPSA) is 0 Å². The molecule has 152 valence electrons. The fourth-order valence-corrected chi connectivity index (χ4v) is 3.25. The van der Waals surface area contributed by atoms with E-state index >= 15 is 0 Å². The highest BCUT2D eigenvalue weighted by atomic mass is 14.0. The van der Waals surface area contributed by atoms with Gasteiger partial charge in [0.2, 0.25) is 0 Å². The Morgan fingerprint density at radius 2 is 0.812 bits per heavy atom. The van der Waals surface area contributed by atoms with E-state index in [4.69, 9.17) is 0 Å². The van der Waals surface area contributed by atoms with Crippen LogP contribution < -0.4 is 0 Å². The van der Waals surface area contributed by atoms with E-state index in [1.807, 2.05) is 24.3 Å². The first-order valence-corrected chi connectivity index (χ1v) is 10.7. The second-order valence-corrected chi connectivity index (χ2v) is 7.71. The predicted molar refractivity (Wildman–Crippen MR) is 136 cm³/mol. The Hall–Kier alpha value is -4.26. The van der Waals surface area contributed by atoms with Gasteiger partial charge in [-0.1, -0.05) is 96.5 Å². The number of benzene rings is 4. The quantitative estimate of drug-likeness (QED) is 0.242. The lowest BCUT2D eigenvalue weighted by Crippen LogP contribution is -1.81. The van der Waals surface area contributed by atoms with Gasteiger partial charge in [-0.3, -0.25) is 0 Å². The smallest absolute Gasteiger partial charge is 0.0278 e. The fourth-order valence-electron chi connectivity index (χ4n) is 3.25. The summed E-state index contributed by atoms with van der Waals surface area (Å²) in [6.07, 6.45) is 4.24. The molecule has 0 fully saturated rings. The highest BCUT2D eigenvalue weighted by Gasteiger charge is 1.94. The molecule has 0 heterocycles. The molecule has 0 radical (unpaired) electrons. The summed E-state index contributed by atoms with van der Waals surface area (Å²) in [4.78, 5) is 0. The maximum atomic E-state index is 3.26. The zero-order valence-electron chi connectivity index (χ0n) is 18.4. The molecule has 0 aliphatic rings. The summed E-state index contributed by atoms with van der Waals surface area (Å²) in [6.45, 7) is 4.17. The summed E-state index contributed by atoms with van der Waals surface area (Å²) in [5.41, 5.74) is 8.87. The van der Waals surface area contributed by atoms with Crippen LogP contribution in [0.5, 0.6) is 0 Å². The lowest BCUT2D eigenvalue weighted by atomic mass is 10.1. The first kappa shape index (κ1) is 21.0. The van der Waals surface area contributed by atoms with Crippen LogP contribution in [-0.2, 0) is 0 Å². The van der Waals surface area contributed by atoms with Crippen molar-refractivity contribution < 1.29 is 0 Å². The molecule has 4 rings (SSSR count). The SMILES string of the molecule is Cc1ccccc1C#Cc1ccc(/C=C/c2ccc(C#Cc3ccccc3C)cc2)cc1. The average Bonchev–Trinajstić information content (AvgIpc) is 2.83. The average molecular weight is 409 g/mol. The van der Waals surface area contributed by atoms with Crippen LogP contribution >= 0.6 is 0 Å². The lowest BCUT2D eigenvalue weighted by molar-refractivity contribution is 1.44. The molecule has 0 nitrogen and oxygen atoms in total. The molecule has 0 aromatic heterocycles. The Morgan fingerprint density at radius 1 is 0.438 bits per heavy atom. The van der Waals surface area contributed by atoms with Crippen molar-refractivity contribution in [2.24, 2.45) is 0 Å². The molecule has 0 unspecified atom stereocenters. The van der Waals surface area contributed by atoms with E-state index < -0.39 is 0 Å². The molecule has 0 bridgehead atoms. The van der Waals surface area contributed by atoms with Crippen LogP contribution in [0.1, 0.15) is 44.5 Å². The van der Waals surface area contributed by atoms with E-state index in [1.54, 1.807) is 0 Å². The Kier molecular flexibility index (Phi) is 6.67. The van der Waals surface area contributed by atoms with Gasteiger partial charge in [-0.15, -0.1) is 0 Å². The van der Waals surface area contributed by atoms with Crippen LogP contribution in [0.2, 0.25) is 0 Å². The molecule has 32 heavy (non-hydrogen) atoms. The van der Waals surface area contributed by atoms with E-state index in [0.29, 0.717) is 0 Å². The summed E-state index contributed by atoms with van der Waals surface area (Å²) in [6, 6.07) is 33.0. The summed E-state index contributed by atoms with van der Waals surface area (Å²) in [5.74, 6) is 13.0. The highest BCUT2D eigenvalue weighted by molar-refractivity contribution is 5.70. The minimum Gasteiger partial charge on any atom is -0.0619 e. The molecule has 4 aromatic rings. The van der Waals surface area contributed by atoms with Crippen LogP contribution in [-0.4, -0.2) is 0 Å². The van der Waals surface area contributed by atoms with Crippen LogP contribution in [0.25, 0.3) is 12.2 Å². The van der Waals surface area contributed by atoms with E-state index in [0.717, 1.165) is 33.4 Å². The number of rotatable bonds is 2. The van der Waals surface area contributed by atoms with Crippen molar-refractivity contribution in [3.63, 3.8) is 0 Å². The van der Waals surface area contributed by atoms with Gasteiger partial charge in [0.25, 0.3) is 0 Å². The molecule has 4 aromatic carbocycles. The molecular formula is C32H24. The zero-order valence-corrected chi connectivity index (χ0v) is 18.4. The second kappa shape index (κ2) is 10.2. The molecule has 0 saturated heterocycles. The Bertz CT molecular complexity index is 1250. The van der Waals surface area contributed by atoms with E-state index in [1.165, 1.54) is 11.1 Å². The van der Waals surface area contributed by atoms with E-state index in [-0.39, 0.29) is 0 Å². The maximum Gasteiger partial charge on any atom is 0.0278 e. The Balaban J connectivity index is 1.41. The summed E-state index contributed by atoms with van der Waals surface area (Å²) >= 11 is 0. The Labute approximate surface area is 191 Å². The number of aryl methyl sites for hydroxylation is 2. The number of hydrogen-bond acceptors (Lipinski definition) is 0. The minimum atomic E-state index is 1.02. The molecule has 0 spiro atoms. The fraction of sp³-hybridized carbons (Fsp3) is 0.0625. The van der Waals surface area contributed by atoms with Gasteiger partial charge in [0, 0.05) is 22.3 Å². The van der Waals surface area contributed by atoms with Gasteiger partial charge in [-0.2, -0.15) is 0 Å². The zero-order chi connectivity index (χ0) is 22.2. The monoisotopic (exact) mass is 408 g/mol. The summed E-state index contributed by atoms with van der Waals surface area (Å²) in [7, 11) is 0. The van der Waals surface area contributed by atoms with Crippen LogP contribution in [0.3, 0.4) is 0 Å². The van der Waals surface area contributed by atoms with Crippen LogP contribution in [0.15, 0.2) is 97.1 Å². The molecule has 0 N–H and O–H groups in total. The third kappa shape index (κ3) is 5.66. The third-order valence-electron chi connectivity index (χ3n) is 5.26. The van der Waals surface area contributed by atoms with Crippen LogP contribution in [0, 0.1) is 37.5 Å². The largest absolute Gasteiger partial charge is 0.0619 e. The second-order valence-electron chi connectivity index (χ2n) is 7.71. The van der Waals surface area contributed by atoms with Crippen molar-refractivity contribution in [1.29, 1.82) is 0 Å². The molecule has 0 aliphatic heterocycles. The van der Waals surface area contributed by atoms with E-state index in [9.17, 15) is 0 Å². The number of hydrogen-bond donors (Lipinski definition) is 0. The highest BCUT2D eigenvalue weighted by Crippen LogP contribution is 2.12. The summed E-state index contributed by atoms with van der Waals surface area (Å²) in [5, 5.41) is 0. The van der Waals surface area contributed by atoms with Crippen molar-refractivity contribution in [1.82, 2.24) is 0 Å². The molecule has 0 heteroatoms. The lowest BCUT2D eigenvalue weighted by Gasteiger charge is -1.98. The van der Waals surface area contributed by atoms with Gasteiger partial charge in [-0.25, -0.2) is 0 Å². The van der Waals surface area contributed by atoms with E-state index in [2.05, 4.69) is 122 Å². The predicted octanol–water partition coefficient (Wildman–Crippen LogP) is 7.27. The van der Waals surface area contributed by atoms with Gasteiger partial charge in [0.15, 0.2) is 0 Å². The van der Waals surface area contributed by atoms with Crippen molar-refractivity contribution >= 4 is 12.2 Å². The van der Waals surface area contributed by atoms with Gasteiger partial charge < -0.3 is 0 Å². The van der Waals surface area contributed by atoms with Gasteiger partial charge in [0.1, 0.15) is 0 Å². The minimum absolute atomic E-state index is 1.02. The van der Waals surface area contributed by atoms with Crippen molar-refractivity contribution in [2.45, 2.75) is 13.8 Å². The molecular weight excluding hydrogens is 384 g/mol. The molecule has 0 atom stereocenters. The van der Waals surface area contributed by atoms with Crippen molar-refractivity contribution in [3.05, 3.63) is 142 Å². The Morgan fingerprint density at radius 3 is 1.19 bits per heavy atom. The first-order chi connectivity index (χ1) is 15.7. The van der Waals surface area contributed by atoms with Crippen LogP contribution in [0.4, 0.5) is 0 Å². The molecule has 0 saturated carbocycles. The van der Waals surface area contributed by atoms with Crippen molar-refractivity contribution in [3.8, 4) is 23.7 Å².